The van der Waals surface area contributed by atoms with Gasteiger partial charge in [0.05, 0.1) is 0 Å². The second-order valence-electron chi connectivity index (χ2n) is 5.01. The number of carbonyl (C=O) groups excluding carboxylic acids is 1. The summed E-state index contributed by atoms with van der Waals surface area (Å²) < 4.78 is 0. The molecule has 0 atom stereocenters. The number of benzene rings is 3. The molecule has 0 unspecified atom stereocenters. The van der Waals surface area contributed by atoms with E-state index < -0.39 is 0 Å². The number of halogens is 1. The van der Waals surface area contributed by atoms with Crippen molar-refractivity contribution in [3.63, 3.8) is 0 Å². The van der Waals surface area contributed by atoms with Crippen LogP contribution in [0.3, 0.4) is 0 Å². The maximum Gasteiger partial charge on any atom is 0.169 e. The molecular weight excluding hydrogens is 282 g/mol. The summed E-state index contributed by atoms with van der Waals surface area (Å²) in [5, 5.41) is 2.72. The molecule has 3 heteroatoms. The summed E-state index contributed by atoms with van der Waals surface area (Å²) in [6, 6.07) is 18.9. The van der Waals surface area contributed by atoms with Crippen LogP contribution in [0.1, 0.15) is 15.9 Å². The number of anilines is 1. The molecule has 0 aliphatic carbocycles. The van der Waals surface area contributed by atoms with E-state index in [1.165, 1.54) is 0 Å². The Hall–Kier alpha value is -2.32. The first kappa shape index (κ1) is 13.7. The fraction of sp³-hybridized carbons (Fsp3) is 0.0556. The summed E-state index contributed by atoms with van der Waals surface area (Å²) in [6.07, 6.45) is 0.319. The molecule has 0 saturated carbocycles. The number of nitrogen functional groups attached to an aromatic ring is 1. The topological polar surface area (TPSA) is 43.1 Å². The highest BCUT2D eigenvalue weighted by Crippen LogP contribution is 2.23. The summed E-state index contributed by atoms with van der Waals surface area (Å²) in [4.78, 5) is 12.5. The Morgan fingerprint density at radius 1 is 0.952 bits per heavy atom. The van der Waals surface area contributed by atoms with Crippen molar-refractivity contribution in [2.75, 3.05) is 5.73 Å². The normalized spacial score (nSPS) is 10.7. The molecule has 0 aromatic heterocycles. The molecule has 104 valence electrons. The molecule has 0 fully saturated rings. The standard InChI is InChI=1S/C18H14ClNO/c19-15-7-5-12(6-8-15)9-18(21)16-10-13-3-1-2-4-14(13)11-17(16)20/h1-8,10-11H,9,20H2. The van der Waals surface area contributed by atoms with Crippen LogP contribution in [0.2, 0.25) is 5.02 Å². The third kappa shape index (κ3) is 2.91. The average molecular weight is 296 g/mol. The highest BCUT2D eigenvalue weighted by molar-refractivity contribution is 6.30. The Labute approximate surface area is 128 Å². The molecule has 3 aromatic carbocycles. The van der Waals surface area contributed by atoms with Gasteiger partial charge in [-0.25, -0.2) is 0 Å². The van der Waals surface area contributed by atoms with Gasteiger partial charge in [0, 0.05) is 22.7 Å². The minimum absolute atomic E-state index is 0.0144. The van der Waals surface area contributed by atoms with Gasteiger partial charge in [-0.15, -0.1) is 0 Å². The van der Waals surface area contributed by atoms with Crippen molar-refractivity contribution in [1.29, 1.82) is 0 Å². The third-order valence-electron chi connectivity index (χ3n) is 3.50. The van der Waals surface area contributed by atoms with Crippen molar-refractivity contribution < 1.29 is 4.79 Å². The van der Waals surface area contributed by atoms with Crippen molar-refractivity contribution >= 4 is 33.8 Å². The minimum Gasteiger partial charge on any atom is -0.398 e. The number of rotatable bonds is 3. The molecule has 0 heterocycles. The number of hydrogen-bond donors (Lipinski definition) is 1. The van der Waals surface area contributed by atoms with Crippen LogP contribution >= 0.6 is 11.6 Å². The molecule has 2 N–H and O–H groups in total. The Bertz CT molecular complexity index is 809. The van der Waals surface area contributed by atoms with Gasteiger partial charge in [-0.3, -0.25) is 4.79 Å². The van der Waals surface area contributed by atoms with E-state index in [4.69, 9.17) is 17.3 Å². The monoisotopic (exact) mass is 295 g/mol. The summed E-state index contributed by atoms with van der Waals surface area (Å²) in [5.41, 5.74) is 8.04. The van der Waals surface area contributed by atoms with Gasteiger partial charge in [0.25, 0.3) is 0 Å². The maximum atomic E-state index is 12.5. The van der Waals surface area contributed by atoms with E-state index in [-0.39, 0.29) is 5.78 Å². The fourth-order valence-electron chi connectivity index (χ4n) is 2.38. The predicted molar refractivity (Wildman–Crippen MR) is 87.8 cm³/mol. The number of carbonyl (C=O) groups is 1. The Morgan fingerprint density at radius 2 is 1.57 bits per heavy atom. The lowest BCUT2D eigenvalue weighted by Crippen LogP contribution is -2.07. The molecule has 0 spiro atoms. The van der Waals surface area contributed by atoms with Crippen LogP contribution in [0.4, 0.5) is 5.69 Å². The van der Waals surface area contributed by atoms with Gasteiger partial charge < -0.3 is 5.73 Å². The van der Waals surface area contributed by atoms with Crippen LogP contribution in [0, 0.1) is 0 Å². The van der Waals surface area contributed by atoms with Crippen LogP contribution in [0.5, 0.6) is 0 Å². The van der Waals surface area contributed by atoms with Gasteiger partial charge in [-0.1, -0.05) is 48.0 Å². The van der Waals surface area contributed by atoms with Crippen LogP contribution in [-0.4, -0.2) is 5.78 Å². The maximum absolute atomic E-state index is 12.5. The predicted octanol–water partition coefficient (Wildman–Crippen LogP) is 4.50. The Balaban J connectivity index is 1.93. The lowest BCUT2D eigenvalue weighted by Gasteiger charge is -2.07. The molecule has 0 bridgehead atoms. The highest BCUT2D eigenvalue weighted by atomic mass is 35.5. The first-order chi connectivity index (χ1) is 10.1. The molecule has 2 nitrogen and oxygen atoms in total. The summed E-state index contributed by atoms with van der Waals surface area (Å²) >= 11 is 5.85. The lowest BCUT2D eigenvalue weighted by atomic mass is 9.98. The van der Waals surface area contributed by atoms with Crippen molar-refractivity contribution in [3.05, 3.63) is 76.8 Å². The summed E-state index contributed by atoms with van der Waals surface area (Å²) in [7, 11) is 0. The van der Waals surface area contributed by atoms with E-state index in [1.54, 1.807) is 12.1 Å². The smallest absolute Gasteiger partial charge is 0.169 e. The number of fused-ring (bicyclic) bond motifs is 1. The zero-order chi connectivity index (χ0) is 14.8. The Morgan fingerprint density at radius 3 is 2.24 bits per heavy atom. The second-order valence-corrected chi connectivity index (χ2v) is 5.45. The first-order valence-electron chi connectivity index (χ1n) is 6.69. The van der Waals surface area contributed by atoms with Gasteiger partial charge in [-0.05, 0) is 40.6 Å². The lowest BCUT2D eigenvalue weighted by molar-refractivity contribution is 0.0994. The molecule has 21 heavy (non-hydrogen) atoms. The van der Waals surface area contributed by atoms with Crippen LogP contribution < -0.4 is 5.73 Å². The van der Waals surface area contributed by atoms with Crippen molar-refractivity contribution in [1.82, 2.24) is 0 Å². The minimum atomic E-state index is 0.0144. The van der Waals surface area contributed by atoms with Gasteiger partial charge >= 0.3 is 0 Å². The zero-order valence-corrected chi connectivity index (χ0v) is 12.1. The van der Waals surface area contributed by atoms with Gasteiger partial charge in [0.15, 0.2) is 5.78 Å². The molecule has 0 amide bonds. The number of Topliss-reactive ketones (excluding diaryl/α,β-unsaturated/α-hetero) is 1. The van der Waals surface area contributed by atoms with Gasteiger partial charge in [0.2, 0.25) is 0 Å². The number of hydrogen-bond acceptors (Lipinski definition) is 2. The largest absolute Gasteiger partial charge is 0.398 e. The van der Waals surface area contributed by atoms with E-state index in [2.05, 4.69) is 0 Å². The SMILES string of the molecule is Nc1cc2ccccc2cc1C(=O)Cc1ccc(Cl)cc1. The van der Waals surface area contributed by atoms with Crippen LogP contribution in [0.15, 0.2) is 60.7 Å². The summed E-state index contributed by atoms with van der Waals surface area (Å²) in [6.45, 7) is 0. The van der Waals surface area contributed by atoms with E-state index >= 15 is 0 Å². The van der Waals surface area contributed by atoms with E-state index in [0.717, 1.165) is 16.3 Å². The molecular formula is C18H14ClNO. The molecule has 3 rings (SSSR count). The second kappa shape index (κ2) is 5.58. The van der Waals surface area contributed by atoms with Crippen molar-refractivity contribution in [2.24, 2.45) is 0 Å². The summed E-state index contributed by atoms with van der Waals surface area (Å²) in [5.74, 6) is 0.0144. The quantitative estimate of drug-likeness (QED) is 0.571. The van der Waals surface area contributed by atoms with Crippen molar-refractivity contribution in [2.45, 2.75) is 6.42 Å². The van der Waals surface area contributed by atoms with Gasteiger partial charge in [-0.2, -0.15) is 0 Å². The zero-order valence-electron chi connectivity index (χ0n) is 11.3. The average Bonchev–Trinajstić information content (AvgIpc) is 2.49. The first-order valence-corrected chi connectivity index (χ1v) is 7.07. The van der Waals surface area contributed by atoms with Crippen LogP contribution in [-0.2, 0) is 6.42 Å². The van der Waals surface area contributed by atoms with E-state index in [1.807, 2.05) is 48.5 Å². The van der Waals surface area contributed by atoms with E-state index in [0.29, 0.717) is 22.7 Å². The molecule has 0 radical (unpaired) electrons. The number of nitrogens with two attached hydrogens (primary N) is 1. The molecule has 0 aliphatic heterocycles. The number of ketones is 1. The third-order valence-corrected chi connectivity index (χ3v) is 3.75. The highest BCUT2D eigenvalue weighted by Gasteiger charge is 2.12. The molecule has 0 saturated heterocycles. The molecule has 0 aliphatic rings. The van der Waals surface area contributed by atoms with Crippen LogP contribution in [0.25, 0.3) is 10.8 Å². The Kier molecular flexibility index (Phi) is 3.63. The van der Waals surface area contributed by atoms with Gasteiger partial charge in [0.1, 0.15) is 0 Å². The molecule has 3 aromatic rings. The van der Waals surface area contributed by atoms with Crippen molar-refractivity contribution in [3.8, 4) is 0 Å². The fourth-order valence-corrected chi connectivity index (χ4v) is 2.51. The van der Waals surface area contributed by atoms with E-state index in [9.17, 15) is 4.79 Å².